The van der Waals surface area contributed by atoms with Gasteiger partial charge >= 0.3 is 0 Å². The smallest absolute Gasteiger partial charge is 0.164 e. The molecule has 290 valence electrons. The third kappa shape index (κ3) is 7.18. The fourth-order valence-corrected chi connectivity index (χ4v) is 8.08. The van der Waals surface area contributed by atoms with E-state index in [0.717, 1.165) is 88.8 Å². The second kappa shape index (κ2) is 16.0. The molecular formula is C57H37N5. The molecule has 11 aromatic rings. The van der Waals surface area contributed by atoms with Crippen molar-refractivity contribution in [2.24, 2.45) is 0 Å². The van der Waals surface area contributed by atoms with Gasteiger partial charge in [0.1, 0.15) is 0 Å². The van der Waals surface area contributed by atoms with Crippen LogP contribution in [-0.4, -0.2) is 24.9 Å². The lowest BCUT2D eigenvalue weighted by Crippen LogP contribution is -2.00. The summed E-state index contributed by atoms with van der Waals surface area (Å²) in [5.41, 5.74) is 15.3. The van der Waals surface area contributed by atoms with E-state index in [1.54, 1.807) is 0 Å². The van der Waals surface area contributed by atoms with Gasteiger partial charge in [-0.2, -0.15) is 0 Å². The number of rotatable bonds is 8. The Labute approximate surface area is 359 Å². The Morgan fingerprint density at radius 3 is 1.08 bits per heavy atom. The van der Waals surface area contributed by atoms with Gasteiger partial charge in [-0.25, -0.2) is 24.9 Å². The van der Waals surface area contributed by atoms with Crippen molar-refractivity contribution in [3.8, 4) is 90.1 Å². The van der Waals surface area contributed by atoms with E-state index in [4.69, 9.17) is 24.9 Å². The molecule has 0 saturated heterocycles. The summed E-state index contributed by atoms with van der Waals surface area (Å²) in [5, 5.41) is 2.12. The Kier molecular flexibility index (Phi) is 9.45. The highest BCUT2D eigenvalue weighted by Gasteiger charge is 2.16. The van der Waals surface area contributed by atoms with Crippen molar-refractivity contribution >= 4 is 21.8 Å². The lowest BCUT2D eigenvalue weighted by atomic mass is 9.95. The van der Waals surface area contributed by atoms with Crippen molar-refractivity contribution in [1.29, 1.82) is 0 Å². The maximum absolute atomic E-state index is 5.28. The van der Waals surface area contributed by atoms with E-state index in [-0.39, 0.29) is 0 Å². The summed E-state index contributed by atoms with van der Waals surface area (Å²) >= 11 is 0. The Hall–Kier alpha value is -8.41. The maximum atomic E-state index is 5.28. The fourth-order valence-electron chi connectivity index (χ4n) is 8.08. The molecule has 8 aromatic carbocycles. The molecule has 0 aliphatic rings. The van der Waals surface area contributed by atoms with Crippen molar-refractivity contribution in [2.45, 2.75) is 0 Å². The number of aromatic nitrogens is 5. The molecule has 0 bridgehead atoms. The molecule has 0 aliphatic carbocycles. The zero-order valence-electron chi connectivity index (χ0n) is 33.6. The molecule has 0 amide bonds. The quantitative estimate of drug-likeness (QED) is 0.143. The van der Waals surface area contributed by atoms with Crippen LogP contribution in [0.5, 0.6) is 0 Å². The molecule has 5 heteroatoms. The molecule has 62 heavy (non-hydrogen) atoms. The van der Waals surface area contributed by atoms with E-state index < -0.39 is 0 Å². The highest BCUT2D eigenvalue weighted by Crippen LogP contribution is 2.37. The van der Waals surface area contributed by atoms with Crippen molar-refractivity contribution in [3.05, 3.63) is 224 Å². The zero-order valence-corrected chi connectivity index (χ0v) is 33.6. The van der Waals surface area contributed by atoms with E-state index in [1.165, 1.54) is 5.56 Å². The number of nitrogens with zero attached hydrogens (tertiary/aromatic N) is 5. The van der Waals surface area contributed by atoms with E-state index in [2.05, 4.69) is 164 Å². The van der Waals surface area contributed by atoms with Crippen LogP contribution in [0.3, 0.4) is 0 Å². The Balaban J connectivity index is 0.942. The summed E-state index contributed by atoms with van der Waals surface area (Å²) in [4.78, 5) is 25.4. The number of hydrogen-bond acceptors (Lipinski definition) is 5. The minimum absolute atomic E-state index is 0.625. The minimum atomic E-state index is 0.625. The molecule has 11 rings (SSSR count). The molecular weight excluding hydrogens is 755 g/mol. The zero-order chi connectivity index (χ0) is 41.2. The lowest BCUT2D eigenvalue weighted by Gasteiger charge is -2.13. The topological polar surface area (TPSA) is 64.5 Å². The highest BCUT2D eigenvalue weighted by molar-refractivity contribution is 6.09. The SMILES string of the molecule is c1ccc(-c2ccc(-c3nc(-c4ccccc4)nc(-c4ccc(-c5ccc(-c6cc(-c7ccccc7)nc7c6ccc6ccc(-c8ccccc8)nc67)cc5)cc4)n3)cc2)cc1. The van der Waals surface area contributed by atoms with Crippen molar-refractivity contribution in [3.63, 3.8) is 0 Å². The predicted octanol–water partition coefficient (Wildman–Crippen LogP) is 14.3. The first-order chi connectivity index (χ1) is 30.7. The third-order valence-corrected chi connectivity index (χ3v) is 11.4. The molecule has 0 atom stereocenters. The van der Waals surface area contributed by atoms with Gasteiger partial charge in [0.25, 0.3) is 0 Å². The standard InChI is InChI=1S/C57H37N5/c1-5-13-38(14-6-1)39-23-29-47(30-24-39)56-60-55(46-19-11-4-12-20-46)61-57(62-56)48-31-25-41(26-32-48)40-21-27-42(28-22-40)50-37-52(44-17-9-3-10-18-44)59-54-49(50)35-33-45-34-36-51(58-53(45)54)43-15-7-2-8-16-43/h1-37H. The van der Waals surface area contributed by atoms with Gasteiger partial charge < -0.3 is 0 Å². The van der Waals surface area contributed by atoms with E-state index in [0.29, 0.717) is 17.5 Å². The summed E-state index contributed by atoms with van der Waals surface area (Å²) in [6.07, 6.45) is 0. The summed E-state index contributed by atoms with van der Waals surface area (Å²) in [6.45, 7) is 0. The first kappa shape index (κ1) is 36.7. The van der Waals surface area contributed by atoms with E-state index >= 15 is 0 Å². The van der Waals surface area contributed by atoms with Gasteiger partial charge in [-0.05, 0) is 45.5 Å². The largest absolute Gasteiger partial charge is 0.245 e. The van der Waals surface area contributed by atoms with Gasteiger partial charge in [0.05, 0.1) is 22.4 Å². The van der Waals surface area contributed by atoms with Crippen LogP contribution in [0.2, 0.25) is 0 Å². The minimum Gasteiger partial charge on any atom is -0.245 e. The summed E-state index contributed by atoms with van der Waals surface area (Å²) in [5.74, 6) is 1.89. The van der Waals surface area contributed by atoms with Crippen molar-refractivity contribution in [2.75, 3.05) is 0 Å². The maximum Gasteiger partial charge on any atom is 0.164 e. The Morgan fingerprint density at radius 2 is 0.581 bits per heavy atom. The average molecular weight is 792 g/mol. The summed E-state index contributed by atoms with van der Waals surface area (Å²) in [7, 11) is 0. The number of benzene rings is 8. The first-order valence-electron chi connectivity index (χ1n) is 20.7. The van der Waals surface area contributed by atoms with Crippen LogP contribution in [0, 0.1) is 0 Å². The molecule has 0 N–H and O–H groups in total. The van der Waals surface area contributed by atoms with Crippen LogP contribution < -0.4 is 0 Å². The molecule has 0 saturated carbocycles. The van der Waals surface area contributed by atoms with Gasteiger partial charge in [-0.15, -0.1) is 0 Å². The van der Waals surface area contributed by atoms with Crippen LogP contribution in [0.4, 0.5) is 0 Å². The van der Waals surface area contributed by atoms with Crippen LogP contribution in [-0.2, 0) is 0 Å². The monoisotopic (exact) mass is 791 g/mol. The second-order valence-electron chi connectivity index (χ2n) is 15.3. The summed E-state index contributed by atoms with van der Waals surface area (Å²) in [6, 6.07) is 77.6. The molecule has 5 nitrogen and oxygen atoms in total. The van der Waals surface area contributed by atoms with E-state index in [9.17, 15) is 0 Å². The third-order valence-electron chi connectivity index (χ3n) is 11.4. The average Bonchev–Trinajstić information content (AvgIpc) is 3.37. The molecule has 0 aliphatic heterocycles. The molecule has 3 aromatic heterocycles. The summed E-state index contributed by atoms with van der Waals surface area (Å²) < 4.78 is 0. The first-order valence-corrected chi connectivity index (χ1v) is 20.7. The van der Waals surface area contributed by atoms with Gasteiger partial charge in [-0.1, -0.05) is 212 Å². The molecule has 3 heterocycles. The molecule has 0 radical (unpaired) electrons. The van der Waals surface area contributed by atoms with Crippen LogP contribution in [0.15, 0.2) is 224 Å². The second-order valence-corrected chi connectivity index (χ2v) is 15.3. The highest BCUT2D eigenvalue weighted by atomic mass is 15.0. The number of fused-ring (bicyclic) bond motifs is 3. The number of hydrogen-bond donors (Lipinski definition) is 0. The molecule has 0 unspecified atom stereocenters. The fraction of sp³-hybridized carbons (Fsp3) is 0. The Morgan fingerprint density at radius 1 is 0.226 bits per heavy atom. The van der Waals surface area contributed by atoms with Gasteiger partial charge in [0.2, 0.25) is 0 Å². The normalized spacial score (nSPS) is 11.2. The van der Waals surface area contributed by atoms with Crippen LogP contribution >= 0.6 is 0 Å². The number of pyridine rings is 2. The lowest BCUT2D eigenvalue weighted by molar-refractivity contribution is 1.07. The van der Waals surface area contributed by atoms with Crippen LogP contribution in [0.1, 0.15) is 0 Å². The predicted molar refractivity (Wildman–Crippen MR) is 254 cm³/mol. The molecule has 0 spiro atoms. The molecule has 0 fully saturated rings. The van der Waals surface area contributed by atoms with Gasteiger partial charge in [-0.3, -0.25) is 0 Å². The van der Waals surface area contributed by atoms with Crippen molar-refractivity contribution < 1.29 is 0 Å². The van der Waals surface area contributed by atoms with Gasteiger partial charge in [0.15, 0.2) is 17.5 Å². The van der Waals surface area contributed by atoms with Crippen molar-refractivity contribution in [1.82, 2.24) is 24.9 Å². The Bertz CT molecular complexity index is 3340. The van der Waals surface area contributed by atoms with Crippen LogP contribution in [0.25, 0.3) is 112 Å². The van der Waals surface area contributed by atoms with Gasteiger partial charge in [0, 0.05) is 38.6 Å². The van der Waals surface area contributed by atoms with E-state index in [1.807, 2.05) is 60.7 Å².